The molecule has 2 rings (SSSR count). The van der Waals surface area contributed by atoms with Crippen molar-refractivity contribution >= 4 is 33.2 Å². The van der Waals surface area contributed by atoms with Gasteiger partial charge in [0, 0.05) is 5.69 Å². The molecule has 0 radical (unpaired) electrons. The molecule has 0 heterocycles. The summed E-state index contributed by atoms with van der Waals surface area (Å²) >= 11 is 6.15. The summed E-state index contributed by atoms with van der Waals surface area (Å²) in [5.41, 5.74) is 2.40. The Kier molecular flexibility index (Phi) is 6.73. The zero-order valence-electron chi connectivity index (χ0n) is 15.7. The number of benzene rings is 2. The number of methoxy groups -OCH3 is 1. The van der Waals surface area contributed by atoms with Gasteiger partial charge in [-0.2, -0.15) is 0 Å². The van der Waals surface area contributed by atoms with Crippen LogP contribution in [0.2, 0.25) is 5.02 Å². The molecule has 2 aromatic carbocycles. The highest BCUT2D eigenvalue weighted by molar-refractivity contribution is 7.92. The number of aryl methyl sites for hydroxylation is 1. The summed E-state index contributed by atoms with van der Waals surface area (Å²) in [6, 6.07) is 9.94. The lowest BCUT2D eigenvalue weighted by atomic mass is 10.0. The van der Waals surface area contributed by atoms with E-state index in [9.17, 15) is 13.2 Å². The standard InChI is InChI=1S/C19H23ClN2O4S/c1-5-17(13-6-9-18(26-3)12(2)10-13)21-19(23)15-11-14(7-8-16(15)20)22-27(4,24)25/h6-11,17,22H,5H2,1-4H3,(H,21,23)/t17-/m0/s1. The number of anilines is 1. The van der Waals surface area contributed by atoms with Crippen LogP contribution in [0, 0.1) is 6.92 Å². The van der Waals surface area contributed by atoms with Crippen molar-refractivity contribution < 1.29 is 17.9 Å². The third-order valence-corrected chi connectivity index (χ3v) is 4.99. The van der Waals surface area contributed by atoms with E-state index >= 15 is 0 Å². The summed E-state index contributed by atoms with van der Waals surface area (Å²) in [5.74, 6) is 0.403. The molecule has 0 aromatic heterocycles. The van der Waals surface area contributed by atoms with Crippen molar-refractivity contribution in [3.63, 3.8) is 0 Å². The summed E-state index contributed by atoms with van der Waals surface area (Å²) < 4.78 is 30.4. The maximum Gasteiger partial charge on any atom is 0.253 e. The van der Waals surface area contributed by atoms with E-state index in [1.54, 1.807) is 7.11 Å². The highest BCUT2D eigenvalue weighted by atomic mass is 35.5. The molecule has 27 heavy (non-hydrogen) atoms. The van der Waals surface area contributed by atoms with E-state index < -0.39 is 10.0 Å². The first-order valence-electron chi connectivity index (χ1n) is 8.37. The van der Waals surface area contributed by atoms with Crippen LogP contribution < -0.4 is 14.8 Å². The van der Waals surface area contributed by atoms with Gasteiger partial charge in [-0.25, -0.2) is 8.42 Å². The number of sulfonamides is 1. The Morgan fingerprint density at radius 1 is 1.22 bits per heavy atom. The molecule has 0 aliphatic rings. The maximum absolute atomic E-state index is 12.7. The van der Waals surface area contributed by atoms with Gasteiger partial charge in [0.25, 0.3) is 5.91 Å². The van der Waals surface area contributed by atoms with Crippen LogP contribution in [0.1, 0.15) is 40.9 Å². The zero-order valence-corrected chi connectivity index (χ0v) is 17.2. The van der Waals surface area contributed by atoms with Crippen molar-refractivity contribution in [3.05, 3.63) is 58.1 Å². The molecule has 6 nitrogen and oxygen atoms in total. The third kappa shape index (κ3) is 5.61. The van der Waals surface area contributed by atoms with Crippen molar-refractivity contribution in [3.8, 4) is 5.75 Å². The summed E-state index contributed by atoms with van der Waals surface area (Å²) in [7, 11) is -1.84. The molecular weight excluding hydrogens is 388 g/mol. The molecule has 8 heteroatoms. The zero-order chi connectivity index (χ0) is 20.2. The van der Waals surface area contributed by atoms with E-state index in [1.807, 2.05) is 32.0 Å². The fourth-order valence-corrected chi connectivity index (χ4v) is 3.51. The highest BCUT2D eigenvalue weighted by Crippen LogP contribution is 2.26. The molecule has 0 aliphatic carbocycles. The number of carbonyl (C=O) groups is 1. The summed E-state index contributed by atoms with van der Waals surface area (Å²) in [6.45, 7) is 3.90. The van der Waals surface area contributed by atoms with Crippen molar-refractivity contribution in [1.82, 2.24) is 5.32 Å². The molecule has 1 amide bonds. The highest BCUT2D eigenvalue weighted by Gasteiger charge is 2.18. The Labute approximate surface area is 164 Å². The second kappa shape index (κ2) is 8.63. The van der Waals surface area contributed by atoms with E-state index in [0.29, 0.717) is 6.42 Å². The summed E-state index contributed by atoms with van der Waals surface area (Å²) in [5, 5.41) is 3.20. The van der Waals surface area contributed by atoms with Gasteiger partial charge in [0.1, 0.15) is 5.75 Å². The Balaban J connectivity index is 2.26. The number of rotatable bonds is 7. The SMILES string of the molecule is CC[C@H](NC(=O)c1cc(NS(C)(=O)=O)ccc1Cl)c1ccc(OC)c(C)c1. The molecular formula is C19H23ClN2O4S. The number of hydrogen-bond acceptors (Lipinski definition) is 4. The van der Waals surface area contributed by atoms with Crippen LogP contribution in [0.15, 0.2) is 36.4 Å². The topological polar surface area (TPSA) is 84.5 Å². The van der Waals surface area contributed by atoms with Gasteiger partial charge in [-0.05, 0) is 48.7 Å². The number of ether oxygens (including phenoxy) is 1. The molecule has 0 unspecified atom stereocenters. The predicted molar refractivity (Wildman–Crippen MR) is 108 cm³/mol. The van der Waals surface area contributed by atoms with Gasteiger partial charge < -0.3 is 10.1 Å². The first kappa shape index (κ1) is 21.1. The molecule has 0 aliphatic heterocycles. The number of nitrogens with one attached hydrogen (secondary N) is 2. The molecule has 0 saturated heterocycles. The lowest BCUT2D eigenvalue weighted by Gasteiger charge is -2.19. The fourth-order valence-electron chi connectivity index (χ4n) is 2.75. The molecule has 0 fully saturated rings. The van der Waals surface area contributed by atoms with Gasteiger partial charge in [-0.1, -0.05) is 30.7 Å². The lowest BCUT2D eigenvalue weighted by molar-refractivity contribution is 0.0935. The fraction of sp³-hybridized carbons (Fsp3) is 0.316. The first-order chi connectivity index (χ1) is 12.6. The Morgan fingerprint density at radius 3 is 2.48 bits per heavy atom. The van der Waals surface area contributed by atoms with Crippen LogP contribution in [0.3, 0.4) is 0 Å². The minimum absolute atomic E-state index is 0.203. The maximum atomic E-state index is 12.7. The van der Waals surface area contributed by atoms with E-state index in [0.717, 1.165) is 23.1 Å². The Hall–Kier alpha value is -2.25. The first-order valence-corrected chi connectivity index (χ1v) is 10.6. The third-order valence-electron chi connectivity index (χ3n) is 4.05. The van der Waals surface area contributed by atoms with Crippen LogP contribution in [-0.2, 0) is 10.0 Å². The number of hydrogen-bond donors (Lipinski definition) is 2. The molecule has 0 bridgehead atoms. The van der Waals surface area contributed by atoms with Gasteiger partial charge >= 0.3 is 0 Å². The van der Waals surface area contributed by atoms with Crippen molar-refractivity contribution in [1.29, 1.82) is 0 Å². The monoisotopic (exact) mass is 410 g/mol. The lowest BCUT2D eigenvalue weighted by Crippen LogP contribution is -2.28. The number of amides is 1. The van der Waals surface area contributed by atoms with Crippen LogP contribution >= 0.6 is 11.6 Å². The molecule has 0 saturated carbocycles. The average molecular weight is 411 g/mol. The number of halogens is 1. The van der Waals surface area contributed by atoms with Crippen molar-refractivity contribution in [2.75, 3.05) is 18.1 Å². The molecule has 0 spiro atoms. The number of carbonyl (C=O) groups excluding carboxylic acids is 1. The Bertz CT molecular complexity index is 945. The normalized spacial score (nSPS) is 12.3. The van der Waals surface area contributed by atoms with Crippen LogP contribution in [0.25, 0.3) is 0 Å². The Morgan fingerprint density at radius 2 is 1.93 bits per heavy atom. The second-order valence-corrected chi connectivity index (χ2v) is 8.39. The quantitative estimate of drug-likeness (QED) is 0.724. The smallest absolute Gasteiger partial charge is 0.253 e. The molecule has 146 valence electrons. The second-order valence-electron chi connectivity index (χ2n) is 6.23. The van der Waals surface area contributed by atoms with Crippen LogP contribution in [0.4, 0.5) is 5.69 Å². The van der Waals surface area contributed by atoms with E-state index in [2.05, 4.69) is 10.0 Å². The van der Waals surface area contributed by atoms with Gasteiger partial charge in [0.05, 0.1) is 30.0 Å². The van der Waals surface area contributed by atoms with Gasteiger partial charge in [0.15, 0.2) is 0 Å². The summed E-state index contributed by atoms with van der Waals surface area (Å²) in [6.07, 6.45) is 1.72. The van der Waals surface area contributed by atoms with E-state index in [1.165, 1.54) is 18.2 Å². The largest absolute Gasteiger partial charge is 0.496 e. The summed E-state index contributed by atoms with van der Waals surface area (Å²) in [4.78, 5) is 12.7. The average Bonchev–Trinajstić information content (AvgIpc) is 2.59. The minimum atomic E-state index is -3.45. The van der Waals surface area contributed by atoms with Crippen LogP contribution in [-0.4, -0.2) is 27.7 Å². The van der Waals surface area contributed by atoms with Crippen LogP contribution in [0.5, 0.6) is 5.75 Å². The predicted octanol–water partition coefficient (Wildman–Crippen LogP) is 3.91. The molecule has 2 N–H and O–H groups in total. The van der Waals surface area contributed by atoms with Gasteiger partial charge in [-0.15, -0.1) is 0 Å². The van der Waals surface area contributed by atoms with E-state index in [4.69, 9.17) is 16.3 Å². The van der Waals surface area contributed by atoms with Crippen molar-refractivity contribution in [2.45, 2.75) is 26.3 Å². The molecule has 1 atom stereocenters. The molecule has 2 aromatic rings. The van der Waals surface area contributed by atoms with E-state index in [-0.39, 0.29) is 28.2 Å². The minimum Gasteiger partial charge on any atom is -0.496 e. The van der Waals surface area contributed by atoms with Gasteiger partial charge in [0.2, 0.25) is 10.0 Å². The van der Waals surface area contributed by atoms with Crippen molar-refractivity contribution in [2.24, 2.45) is 0 Å². The van der Waals surface area contributed by atoms with Gasteiger partial charge in [-0.3, -0.25) is 9.52 Å².